The molecule has 1 fully saturated rings. The number of hydrogen-bond donors (Lipinski definition) is 2. The molecule has 21 heavy (non-hydrogen) atoms. The first kappa shape index (κ1) is 14.9. The second kappa shape index (κ2) is 5.44. The molecule has 0 radical (unpaired) electrons. The first-order valence-corrected chi connectivity index (χ1v) is 5.93. The van der Waals surface area contributed by atoms with Crippen molar-refractivity contribution in [3.8, 4) is 0 Å². The molecule has 8 nitrogen and oxygen atoms in total. The van der Waals surface area contributed by atoms with Crippen molar-refractivity contribution in [3.05, 3.63) is 39.7 Å². The van der Waals surface area contributed by atoms with Gasteiger partial charge < -0.3 is 15.2 Å². The molecule has 0 spiro atoms. The van der Waals surface area contributed by atoms with Gasteiger partial charge in [0.25, 0.3) is 11.6 Å². The number of carbonyl (C=O) groups excluding carboxylic acids is 1. The summed E-state index contributed by atoms with van der Waals surface area (Å²) >= 11 is 0. The predicted molar refractivity (Wildman–Crippen MR) is 66.3 cm³/mol. The zero-order chi connectivity index (χ0) is 15.6. The van der Waals surface area contributed by atoms with Crippen LogP contribution in [-0.4, -0.2) is 40.7 Å². The molecule has 1 saturated heterocycles. The number of nitro groups is 1. The van der Waals surface area contributed by atoms with Crippen LogP contribution in [0.15, 0.2) is 18.2 Å². The van der Waals surface area contributed by atoms with E-state index in [9.17, 15) is 24.1 Å². The molecule has 2 rings (SSSR count). The molecule has 1 heterocycles. The van der Waals surface area contributed by atoms with E-state index in [0.717, 1.165) is 12.1 Å². The van der Waals surface area contributed by atoms with Crippen molar-refractivity contribution in [3.63, 3.8) is 0 Å². The van der Waals surface area contributed by atoms with Crippen molar-refractivity contribution < 1.29 is 28.7 Å². The number of nitro benzene ring substituents is 1. The Morgan fingerprint density at radius 2 is 2.19 bits per heavy atom. The van der Waals surface area contributed by atoms with Crippen LogP contribution >= 0.6 is 0 Å². The molecule has 0 aromatic heterocycles. The van der Waals surface area contributed by atoms with Gasteiger partial charge in [0.2, 0.25) is 0 Å². The van der Waals surface area contributed by atoms with Gasteiger partial charge in [-0.3, -0.25) is 14.9 Å². The number of amides is 1. The van der Waals surface area contributed by atoms with Crippen molar-refractivity contribution in [2.45, 2.75) is 12.0 Å². The number of carboxylic acid groups (broad SMARTS) is 1. The van der Waals surface area contributed by atoms with Gasteiger partial charge in [-0.2, -0.15) is 0 Å². The van der Waals surface area contributed by atoms with Gasteiger partial charge in [0.15, 0.2) is 5.54 Å². The molecule has 0 saturated carbocycles. The van der Waals surface area contributed by atoms with Gasteiger partial charge in [0, 0.05) is 19.1 Å². The Bertz CT molecular complexity index is 612. The normalized spacial score (nSPS) is 21.0. The summed E-state index contributed by atoms with van der Waals surface area (Å²) in [5.41, 5.74) is -2.57. The van der Waals surface area contributed by atoms with Crippen molar-refractivity contribution >= 4 is 17.6 Å². The molecule has 1 unspecified atom stereocenters. The highest BCUT2D eigenvalue weighted by Crippen LogP contribution is 2.21. The fourth-order valence-corrected chi connectivity index (χ4v) is 1.97. The van der Waals surface area contributed by atoms with Gasteiger partial charge in [-0.15, -0.1) is 0 Å². The van der Waals surface area contributed by atoms with Gasteiger partial charge in [0.1, 0.15) is 5.82 Å². The number of aliphatic carboxylic acids is 1. The minimum absolute atomic E-state index is 0.0582. The third-order valence-corrected chi connectivity index (χ3v) is 3.19. The van der Waals surface area contributed by atoms with Crippen LogP contribution in [0.25, 0.3) is 0 Å². The van der Waals surface area contributed by atoms with Crippen LogP contribution in [0.4, 0.5) is 10.1 Å². The van der Waals surface area contributed by atoms with E-state index in [1.54, 1.807) is 0 Å². The lowest BCUT2D eigenvalue weighted by molar-refractivity contribution is -0.385. The van der Waals surface area contributed by atoms with E-state index in [4.69, 9.17) is 9.84 Å². The SMILES string of the molecule is O=C(NC1(C(=O)O)CCOC1)c1ccc([N+](=O)[O-])cc1F. The largest absolute Gasteiger partial charge is 0.479 e. The van der Waals surface area contributed by atoms with Crippen molar-refractivity contribution in [2.75, 3.05) is 13.2 Å². The Labute approximate surface area is 117 Å². The van der Waals surface area contributed by atoms with Gasteiger partial charge in [-0.05, 0) is 6.07 Å². The molecule has 112 valence electrons. The van der Waals surface area contributed by atoms with Crippen molar-refractivity contribution in [1.82, 2.24) is 5.32 Å². The number of ether oxygens (including phenoxy) is 1. The lowest BCUT2D eigenvalue weighted by atomic mass is 9.98. The molecule has 1 aliphatic rings. The third-order valence-electron chi connectivity index (χ3n) is 3.19. The summed E-state index contributed by atoms with van der Waals surface area (Å²) in [6.45, 7) is -0.0575. The van der Waals surface area contributed by atoms with Gasteiger partial charge in [0.05, 0.1) is 23.2 Å². The molecule has 0 bridgehead atoms. The molecule has 1 atom stereocenters. The molecule has 1 amide bonds. The molecule has 1 aromatic carbocycles. The lowest BCUT2D eigenvalue weighted by Gasteiger charge is -2.23. The maximum atomic E-state index is 13.7. The maximum Gasteiger partial charge on any atom is 0.331 e. The van der Waals surface area contributed by atoms with E-state index in [2.05, 4.69) is 5.32 Å². The van der Waals surface area contributed by atoms with E-state index in [-0.39, 0.29) is 19.6 Å². The van der Waals surface area contributed by atoms with E-state index < -0.39 is 39.4 Å². The van der Waals surface area contributed by atoms with Crippen LogP contribution in [-0.2, 0) is 9.53 Å². The highest BCUT2D eigenvalue weighted by molar-refractivity contribution is 5.98. The van der Waals surface area contributed by atoms with Crippen molar-refractivity contribution in [2.24, 2.45) is 0 Å². The highest BCUT2D eigenvalue weighted by Gasteiger charge is 2.44. The number of non-ortho nitro benzene ring substituents is 1. The number of benzene rings is 1. The van der Waals surface area contributed by atoms with E-state index in [1.807, 2.05) is 0 Å². The van der Waals surface area contributed by atoms with Crippen LogP contribution in [0.3, 0.4) is 0 Å². The number of carboxylic acids is 1. The zero-order valence-electron chi connectivity index (χ0n) is 10.7. The van der Waals surface area contributed by atoms with Gasteiger partial charge in [-0.1, -0.05) is 0 Å². The number of rotatable bonds is 4. The van der Waals surface area contributed by atoms with Gasteiger partial charge in [-0.25, -0.2) is 9.18 Å². The average Bonchev–Trinajstić information content (AvgIpc) is 2.88. The zero-order valence-corrected chi connectivity index (χ0v) is 10.7. The van der Waals surface area contributed by atoms with Crippen LogP contribution in [0.5, 0.6) is 0 Å². The van der Waals surface area contributed by atoms with E-state index >= 15 is 0 Å². The first-order chi connectivity index (χ1) is 9.85. The minimum Gasteiger partial charge on any atom is -0.479 e. The Morgan fingerprint density at radius 3 is 2.67 bits per heavy atom. The standard InChI is InChI=1S/C12H11FN2O6/c13-9-5-7(15(19)20)1-2-8(9)10(16)14-12(11(17)18)3-4-21-6-12/h1-2,5H,3-4,6H2,(H,14,16)(H,17,18). The Hall–Kier alpha value is -2.55. The summed E-state index contributed by atoms with van der Waals surface area (Å²) < 4.78 is 18.7. The fraction of sp³-hybridized carbons (Fsp3) is 0.333. The summed E-state index contributed by atoms with van der Waals surface area (Å²) in [7, 11) is 0. The molecular weight excluding hydrogens is 287 g/mol. The molecule has 1 aromatic rings. The summed E-state index contributed by atoms with van der Waals surface area (Å²) in [4.78, 5) is 32.9. The second-order valence-electron chi connectivity index (χ2n) is 4.57. The Kier molecular flexibility index (Phi) is 3.85. The predicted octanol–water partition coefficient (Wildman–Crippen LogP) is 0.707. The number of hydrogen-bond acceptors (Lipinski definition) is 5. The topological polar surface area (TPSA) is 119 Å². The van der Waals surface area contributed by atoms with E-state index in [0.29, 0.717) is 6.07 Å². The molecule has 9 heteroatoms. The summed E-state index contributed by atoms with van der Waals surface area (Å²) in [5, 5.41) is 21.9. The maximum absolute atomic E-state index is 13.7. The van der Waals surface area contributed by atoms with E-state index in [1.165, 1.54) is 0 Å². The smallest absolute Gasteiger partial charge is 0.331 e. The van der Waals surface area contributed by atoms with Crippen LogP contribution in [0.2, 0.25) is 0 Å². The number of nitrogens with one attached hydrogen (secondary N) is 1. The lowest BCUT2D eigenvalue weighted by Crippen LogP contribution is -2.55. The van der Waals surface area contributed by atoms with Crippen LogP contribution in [0.1, 0.15) is 16.8 Å². The molecule has 2 N–H and O–H groups in total. The monoisotopic (exact) mass is 298 g/mol. The number of nitrogens with zero attached hydrogens (tertiary/aromatic N) is 1. The summed E-state index contributed by atoms with van der Waals surface area (Å²) in [6, 6.07) is 2.51. The van der Waals surface area contributed by atoms with Crippen molar-refractivity contribution in [1.29, 1.82) is 0 Å². The molecular formula is C12H11FN2O6. The Morgan fingerprint density at radius 1 is 1.48 bits per heavy atom. The summed E-state index contributed by atoms with van der Waals surface area (Å²) in [5.74, 6) is -3.34. The third kappa shape index (κ3) is 2.82. The minimum atomic E-state index is -1.61. The number of carbonyl (C=O) groups is 2. The average molecular weight is 298 g/mol. The van der Waals surface area contributed by atoms with Crippen LogP contribution < -0.4 is 5.32 Å². The van der Waals surface area contributed by atoms with Crippen LogP contribution in [0, 0.1) is 15.9 Å². The molecule has 1 aliphatic heterocycles. The number of halogens is 1. The summed E-state index contributed by atoms with van der Waals surface area (Å²) in [6.07, 6.45) is 0.0582. The van der Waals surface area contributed by atoms with Gasteiger partial charge >= 0.3 is 5.97 Å². The Balaban J connectivity index is 2.24. The highest BCUT2D eigenvalue weighted by atomic mass is 19.1. The quantitative estimate of drug-likeness (QED) is 0.624. The molecule has 0 aliphatic carbocycles. The first-order valence-electron chi connectivity index (χ1n) is 5.93. The second-order valence-corrected chi connectivity index (χ2v) is 4.57. The fourth-order valence-electron chi connectivity index (χ4n) is 1.97.